The number of ether oxygens (including phenoxy) is 2. The molecule has 0 aliphatic carbocycles. The molecule has 2 N–H and O–H groups in total. The van der Waals surface area contributed by atoms with E-state index < -0.39 is 12.0 Å². The number of methoxy groups -OCH3 is 2. The van der Waals surface area contributed by atoms with Crippen LogP contribution in [-0.2, 0) is 11.2 Å². The summed E-state index contributed by atoms with van der Waals surface area (Å²) in [6, 6.07) is 7.84. The van der Waals surface area contributed by atoms with E-state index >= 15 is 0 Å². The van der Waals surface area contributed by atoms with Gasteiger partial charge in [0.15, 0.2) is 11.5 Å². The Morgan fingerprint density at radius 2 is 1.90 bits per heavy atom. The van der Waals surface area contributed by atoms with Crippen molar-refractivity contribution in [2.24, 2.45) is 0 Å². The number of fused-ring (bicyclic) bond motifs is 1. The van der Waals surface area contributed by atoms with Crippen LogP contribution in [0.25, 0.3) is 0 Å². The SMILES string of the molecule is COc1cc2c(cc1OC)[C@@H](CC(=O)O)N(C(=O)Nc1ccc(C)c(Cl)c1)CC2. The molecule has 1 heterocycles. The van der Waals surface area contributed by atoms with Gasteiger partial charge in [0.2, 0.25) is 0 Å². The summed E-state index contributed by atoms with van der Waals surface area (Å²) in [5.41, 5.74) is 3.14. The molecule has 1 aliphatic heterocycles. The van der Waals surface area contributed by atoms with Crippen LogP contribution in [0.1, 0.15) is 29.2 Å². The molecule has 0 aromatic heterocycles. The average Bonchev–Trinajstić information content (AvgIpc) is 2.69. The molecule has 29 heavy (non-hydrogen) atoms. The molecule has 2 aromatic carbocycles. The average molecular weight is 419 g/mol. The van der Waals surface area contributed by atoms with Crippen molar-refractivity contribution < 1.29 is 24.2 Å². The molecule has 3 rings (SSSR count). The van der Waals surface area contributed by atoms with Crippen molar-refractivity contribution in [3.63, 3.8) is 0 Å². The minimum Gasteiger partial charge on any atom is -0.493 e. The van der Waals surface area contributed by atoms with Crippen LogP contribution in [0.2, 0.25) is 5.02 Å². The van der Waals surface area contributed by atoms with Gasteiger partial charge in [0.25, 0.3) is 0 Å². The first kappa shape index (κ1) is 20.8. The van der Waals surface area contributed by atoms with Gasteiger partial charge in [-0.2, -0.15) is 0 Å². The Morgan fingerprint density at radius 1 is 1.21 bits per heavy atom. The minimum atomic E-state index is -0.992. The normalized spacial score (nSPS) is 15.4. The number of halogens is 1. The number of hydrogen-bond donors (Lipinski definition) is 2. The summed E-state index contributed by atoms with van der Waals surface area (Å²) in [6.45, 7) is 2.26. The molecule has 8 heteroatoms. The molecular weight excluding hydrogens is 396 g/mol. The smallest absolute Gasteiger partial charge is 0.322 e. The summed E-state index contributed by atoms with van der Waals surface area (Å²) in [5, 5.41) is 12.8. The minimum absolute atomic E-state index is 0.218. The van der Waals surface area contributed by atoms with Gasteiger partial charge in [0.1, 0.15) is 0 Å². The van der Waals surface area contributed by atoms with E-state index in [4.69, 9.17) is 21.1 Å². The first-order valence-electron chi connectivity index (χ1n) is 9.14. The highest BCUT2D eigenvalue weighted by molar-refractivity contribution is 6.31. The zero-order valence-electron chi connectivity index (χ0n) is 16.5. The van der Waals surface area contributed by atoms with Crippen molar-refractivity contribution in [3.8, 4) is 11.5 Å². The van der Waals surface area contributed by atoms with Crippen molar-refractivity contribution in [1.29, 1.82) is 0 Å². The molecule has 2 amide bonds. The van der Waals surface area contributed by atoms with E-state index in [2.05, 4.69) is 5.32 Å². The van der Waals surface area contributed by atoms with Crippen LogP contribution in [-0.4, -0.2) is 42.8 Å². The van der Waals surface area contributed by atoms with E-state index in [1.165, 1.54) is 12.0 Å². The van der Waals surface area contributed by atoms with Crippen LogP contribution in [0.15, 0.2) is 30.3 Å². The van der Waals surface area contributed by atoms with Gasteiger partial charge in [-0.05, 0) is 54.3 Å². The lowest BCUT2D eigenvalue weighted by Gasteiger charge is -2.37. The second kappa shape index (κ2) is 8.61. The predicted molar refractivity (Wildman–Crippen MR) is 110 cm³/mol. The van der Waals surface area contributed by atoms with Gasteiger partial charge in [0, 0.05) is 17.3 Å². The zero-order valence-corrected chi connectivity index (χ0v) is 17.2. The maximum atomic E-state index is 13.0. The highest BCUT2D eigenvalue weighted by Crippen LogP contribution is 2.39. The van der Waals surface area contributed by atoms with Gasteiger partial charge in [-0.3, -0.25) is 4.79 Å². The lowest BCUT2D eigenvalue weighted by Crippen LogP contribution is -2.43. The summed E-state index contributed by atoms with van der Waals surface area (Å²) in [5.74, 6) is 0.0792. The van der Waals surface area contributed by atoms with Gasteiger partial charge in [-0.1, -0.05) is 17.7 Å². The van der Waals surface area contributed by atoms with Crippen molar-refractivity contribution in [2.75, 3.05) is 26.1 Å². The first-order chi connectivity index (χ1) is 13.8. The number of nitrogens with zero attached hydrogens (tertiary/aromatic N) is 1. The zero-order chi connectivity index (χ0) is 21.1. The Kier molecular flexibility index (Phi) is 6.17. The van der Waals surface area contributed by atoms with Crippen molar-refractivity contribution in [1.82, 2.24) is 4.90 Å². The van der Waals surface area contributed by atoms with Gasteiger partial charge < -0.3 is 24.8 Å². The third-order valence-electron chi connectivity index (χ3n) is 5.05. The van der Waals surface area contributed by atoms with E-state index in [9.17, 15) is 14.7 Å². The second-order valence-corrected chi connectivity index (χ2v) is 7.26. The monoisotopic (exact) mass is 418 g/mol. The van der Waals surface area contributed by atoms with Gasteiger partial charge in [-0.15, -0.1) is 0 Å². The van der Waals surface area contributed by atoms with Crippen LogP contribution < -0.4 is 14.8 Å². The van der Waals surface area contributed by atoms with E-state index in [-0.39, 0.29) is 12.5 Å². The highest BCUT2D eigenvalue weighted by atomic mass is 35.5. The van der Waals surface area contributed by atoms with Crippen LogP contribution in [0, 0.1) is 6.92 Å². The molecule has 154 valence electrons. The molecule has 7 nitrogen and oxygen atoms in total. The number of anilines is 1. The number of benzene rings is 2. The molecule has 0 fully saturated rings. The molecule has 0 unspecified atom stereocenters. The fourth-order valence-electron chi connectivity index (χ4n) is 3.52. The molecule has 0 radical (unpaired) electrons. The summed E-state index contributed by atoms with van der Waals surface area (Å²) in [4.78, 5) is 26.0. The number of nitrogens with one attached hydrogen (secondary N) is 1. The fraction of sp³-hybridized carbons (Fsp3) is 0.333. The van der Waals surface area contributed by atoms with Crippen molar-refractivity contribution in [3.05, 3.63) is 52.0 Å². The van der Waals surface area contributed by atoms with E-state index in [1.54, 1.807) is 25.3 Å². The largest absolute Gasteiger partial charge is 0.493 e. The maximum absolute atomic E-state index is 13.0. The Balaban J connectivity index is 1.93. The first-order valence-corrected chi connectivity index (χ1v) is 9.52. The summed E-state index contributed by atoms with van der Waals surface area (Å²) >= 11 is 6.14. The van der Waals surface area contributed by atoms with Crippen molar-refractivity contribution >= 4 is 29.3 Å². The van der Waals surface area contributed by atoms with E-state index in [1.807, 2.05) is 19.1 Å². The lowest BCUT2D eigenvalue weighted by molar-refractivity contribution is -0.138. The molecule has 0 saturated heterocycles. The Bertz CT molecular complexity index is 947. The molecule has 2 aromatic rings. The third-order valence-corrected chi connectivity index (χ3v) is 5.46. The molecular formula is C21H23ClN2O5. The number of aliphatic carboxylic acids is 1. The number of carbonyl (C=O) groups is 2. The van der Waals surface area contributed by atoms with Crippen molar-refractivity contribution in [2.45, 2.75) is 25.8 Å². The number of carboxylic acids is 1. The summed E-state index contributed by atoms with van der Waals surface area (Å²) in [6.07, 6.45) is 0.360. The number of aryl methyl sites for hydroxylation is 1. The van der Waals surface area contributed by atoms with E-state index in [0.717, 1.165) is 16.7 Å². The molecule has 1 atom stereocenters. The summed E-state index contributed by atoms with van der Waals surface area (Å²) < 4.78 is 10.7. The highest BCUT2D eigenvalue weighted by Gasteiger charge is 2.33. The topological polar surface area (TPSA) is 88.1 Å². The summed E-state index contributed by atoms with van der Waals surface area (Å²) in [7, 11) is 3.07. The fourth-order valence-corrected chi connectivity index (χ4v) is 3.70. The van der Waals surface area contributed by atoms with Gasteiger partial charge >= 0.3 is 12.0 Å². The molecule has 0 bridgehead atoms. The number of carboxylic acid groups (broad SMARTS) is 1. The van der Waals surface area contributed by atoms with Crippen LogP contribution in [0.3, 0.4) is 0 Å². The van der Waals surface area contributed by atoms with Crippen LogP contribution in [0.4, 0.5) is 10.5 Å². The second-order valence-electron chi connectivity index (χ2n) is 6.86. The molecule has 1 aliphatic rings. The Morgan fingerprint density at radius 3 is 2.52 bits per heavy atom. The Labute approximate surface area is 174 Å². The lowest BCUT2D eigenvalue weighted by atomic mass is 9.90. The Hall–Kier alpha value is -2.93. The van der Waals surface area contributed by atoms with Crippen LogP contribution >= 0.6 is 11.6 Å². The van der Waals surface area contributed by atoms with Crippen LogP contribution in [0.5, 0.6) is 11.5 Å². The quantitative estimate of drug-likeness (QED) is 0.756. The third kappa shape index (κ3) is 4.40. The van der Waals surface area contributed by atoms with Gasteiger partial charge in [0.05, 0.1) is 26.7 Å². The number of amides is 2. The molecule has 0 saturated carbocycles. The molecule has 0 spiro atoms. The predicted octanol–water partition coefficient (Wildman–Crippen LogP) is 4.27. The maximum Gasteiger partial charge on any atom is 0.322 e. The van der Waals surface area contributed by atoms with E-state index in [0.29, 0.717) is 35.2 Å². The number of urea groups is 1. The number of rotatable bonds is 5. The van der Waals surface area contributed by atoms with Gasteiger partial charge in [-0.25, -0.2) is 4.79 Å². The number of hydrogen-bond acceptors (Lipinski definition) is 4. The number of carbonyl (C=O) groups excluding carboxylic acids is 1. The standard InChI is InChI=1S/C21H23ClN2O5/c1-12-4-5-14(9-16(12)22)23-21(27)24-7-6-13-8-18(28-2)19(29-3)10-15(13)17(24)11-20(25)26/h4-5,8-10,17H,6-7,11H2,1-3H3,(H,23,27)(H,25,26)/t17-/m1/s1.